The summed E-state index contributed by atoms with van der Waals surface area (Å²) in [6.45, 7) is 10.1. The molecule has 0 aliphatic heterocycles. The summed E-state index contributed by atoms with van der Waals surface area (Å²) in [5.41, 5.74) is 0.931. The molecule has 24 heavy (non-hydrogen) atoms. The molecule has 0 saturated carbocycles. The molecule has 1 heterocycles. The lowest BCUT2D eigenvalue weighted by atomic mass is 10.1. The summed E-state index contributed by atoms with van der Waals surface area (Å²) >= 11 is 1.49. The molecule has 0 aliphatic carbocycles. The van der Waals surface area contributed by atoms with Gasteiger partial charge in [-0.2, -0.15) is 0 Å². The fourth-order valence-electron chi connectivity index (χ4n) is 2.52. The zero-order chi connectivity index (χ0) is 17.9. The highest BCUT2D eigenvalue weighted by Crippen LogP contribution is 2.36. The number of aromatic nitrogens is 2. The first-order valence-electron chi connectivity index (χ1n) is 8.04. The fourth-order valence-corrected chi connectivity index (χ4v) is 3.78. The van der Waals surface area contributed by atoms with Crippen LogP contribution in [0.15, 0.2) is 34.2 Å². The molecular formula is C18H23FN2O2S. The van der Waals surface area contributed by atoms with E-state index < -0.39 is 6.10 Å². The van der Waals surface area contributed by atoms with Gasteiger partial charge in [-0.15, -0.1) is 0 Å². The molecule has 0 N–H and O–H groups in total. The predicted octanol–water partition coefficient (Wildman–Crippen LogP) is 4.94. The number of halogens is 1. The first-order valence-corrected chi connectivity index (χ1v) is 8.86. The number of nitrogens with zero attached hydrogens (tertiary/aromatic N) is 2. The maximum atomic E-state index is 13.5. The summed E-state index contributed by atoms with van der Waals surface area (Å²) in [6, 6.07) is 6.51. The van der Waals surface area contributed by atoms with Crippen molar-refractivity contribution in [2.24, 2.45) is 0 Å². The van der Waals surface area contributed by atoms with Crippen LogP contribution in [-0.4, -0.2) is 15.5 Å². The van der Waals surface area contributed by atoms with Crippen LogP contribution in [0.3, 0.4) is 0 Å². The van der Waals surface area contributed by atoms with Crippen molar-refractivity contribution < 1.29 is 13.9 Å². The second-order valence-corrected chi connectivity index (χ2v) is 6.93. The van der Waals surface area contributed by atoms with Gasteiger partial charge in [0.2, 0.25) is 0 Å². The summed E-state index contributed by atoms with van der Waals surface area (Å²) in [7, 11) is 0. The Morgan fingerprint density at radius 2 is 2.08 bits per heavy atom. The Kier molecular flexibility index (Phi) is 6.04. The molecule has 0 spiro atoms. The van der Waals surface area contributed by atoms with E-state index in [1.807, 2.05) is 24.5 Å². The number of carbonyl (C=O) groups is 1. The van der Waals surface area contributed by atoms with Gasteiger partial charge in [-0.1, -0.05) is 31.7 Å². The topological polar surface area (TPSA) is 44.1 Å². The lowest BCUT2D eigenvalue weighted by Crippen LogP contribution is -2.12. The van der Waals surface area contributed by atoms with Crippen molar-refractivity contribution >= 4 is 17.7 Å². The molecule has 6 heteroatoms. The van der Waals surface area contributed by atoms with Gasteiger partial charge in [0, 0.05) is 18.4 Å². The van der Waals surface area contributed by atoms with Crippen molar-refractivity contribution in [3.63, 3.8) is 0 Å². The Hall–Kier alpha value is -1.82. The number of esters is 1. The van der Waals surface area contributed by atoms with Crippen molar-refractivity contribution in [1.29, 1.82) is 0 Å². The molecule has 2 aromatic rings. The first-order chi connectivity index (χ1) is 11.3. The molecule has 1 aromatic heterocycles. The highest BCUT2D eigenvalue weighted by atomic mass is 32.2. The minimum atomic E-state index is -0.429. The van der Waals surface area contributed by atoms with Gasteiger partial charge in [-0.05, 0) is 38.0 Å². The van der Waals surface area contributed by atoms with Crippen molar-refractivity contribution in [3.8, 4) is 0 Å². The van der Waals surface area contributed by atoms with Crippen molar-refractivity contribution in [2.75, 3.05) is 0 Å². The molecule has 4 nitrogen and oxygen atoms in total. The predicted molar refractivity (Wildman–Crippen MR) is 92.7 cm³/mol. The lowest BCUT2D eigenvalue weighted by Gasteiger charge is -2.15. The van der Waals surface area contributed by atoms with Crippen LogP contribution < -0.4 is 0 Å². The fraction of sp³-hybridized carbons (Fsp3) is 0.444. The second-order valence-electron chi connectivity index (χ2n) is 5.87. The smallest absolute Gasteiger partial charge is 0.303 e. The molecule has 0 fully saturated rings. The van der Waals surface area contributed by atoms with E-state index in [9.17, 15) is 9.18 Å². The van der Waals surface area contributed by atoms with Crippen LogP contribution in [0.2, 0.25) is 0 Å². The van der Waals surface area contributed by atoms with Gasteiger partial charge in [0.25, 0.3) is 0 Å². The lowest BCUT2D eigenvalue weighted by molar-refractivity contribution is -0.146. The number of imidazole rings is 1. The Morgan fingerprint density at radius 1 is 1.38 bits per heavy atom. The standard InChI is InChI=1S/C18H23FN2O2S/c1-6-21-17(12(4)23-13(5)22)20-16(11(2)3)18(21)24-15-9-7-8-14(19)10-15/h7-12H,6H2,1-5H3. The Balaban J connectivity index is 2.48. The van der Waals surface area contributed by atoms with Gasteiger partial charge < -0.3 is 9.30 Å². The van der Waals surface area contributed by atoms with Gasteiger partial charge in [-0.3, -0.25) is 4.79 Å². The van der Waals surface area contributed by atoms with Crippen LogP contribution in [0, 0.1) is 5.82 Å². The number of ether oxygens (including phenoxy) is 1. The third-order valence-corrected chi connectivity index (χ3v) is 4.67. The van der Waals surface area contributed by atoms with Crippen LogP contribution in [0.4, 0.5) is 4.39 Å². The minimum Gasteiger partial charge on any atom is -0.455 e. The van der Waals surface area contributed by atoms with Gasteiger partial charge in [-0.25, -0.2) is 9.37 Å². The van der Waals surface area contributed by atoms with E-state index in [4.69, 9.17) is 9.72 Å². The highest BCUT2D eigenvalue weighted by molar-refractivity contribution is 7.99. The van der Waals surface area contributed by atoms with Crippen LogP contribution in [0.1, 0.15) is 58.2 Å². The Bertz CT molecular complexity index is 728. The number of hydrogen-bond acceptors (Lipinski definition) is 4. The van der Waals surface area contributed by atoms with Gasteiger partial charge in [0.05, 0.1) is 5.69 Å². The van der Waals surface area contributed by atoms with E-state index in [1.54, 1.807) is 6.07 Å². The monoisotopic (exact) mass is 350 g/mol. The van der Waals surface area contributed by atoms with Crippen molar-refractivity contribution in [2.45, 2.75) is 63.1 Å². The normalized spacial score (nSPS) is 12.5. The molecule has 2 rings (SSSR count). The molecule has 0 bridgehead atoms. The van der Waals surface area contributed by atoms with Gasteiger partial charge in [0.15, 0.2) is 11.9 Å². The number of benzene rings is 1. The van der Waals surface area contributed by atoms with Crippen LogP contribution >= 0.6 is 11.8 Å². The maximum Gasteiger partial charge on any atom is 0.303 e. The SMILES string of the molecule is CCn1c(C(C)OC(C)=O)nc(C(C)C)c1Sc1cccc(F)c1. The quantitative estimate of drug-likeness (QED) is 0.692. The number of carbonyl (C=O) groups excluding carboxylic acids is 1. The summed E-state index contributed by atoms with van der Waals surface area (Å²) in [5, 5.41) is 0.965. The summed E-state index contributed by atoms with van der Waals surface area (Å²) in [5.74, 6) is 0.327. The summed E-state index contributed by atoms with van der Waals surface area (Å²) < 4.78 is 20.8. The average molecular weight is 350 g/mol. The minimum absolute atomic E-state index is 0.206. The molecule has 0 amide bonds. The highest BCUT2D eigenvalue weighted by Gasteiger charge is 2.24. The van der Waals surface area contributed by atoms with E-state index >= 15 is 0 Å². The van der Waals surface area contributed by atoms with Crippen molar-refractivity contribution in [1.82, 2.24) is 9.55 Å². The van der Waals surface area contributed by atoms with E-state index in [0.717, 1.165) is 21.4 Å². The van der Waals surface area contributed by atoms with Crippen molar-refractivity contribution in [3.05, 3.63) is 41.6 Å². The molecule has 0 aliphatic rings. The summed E-state index contributed by atoms with van der Waals surface area (Å²) in [6.07, 6.45) is -0.429. The molecule has 0 saturated heterocycles. The zero-order valence-corrected chi connectivity index (χ0v) is 15.5. The third-order valence-electron chi connectivity index (χ3n) is 3.56. The summed E-state index contributed by atoms with van der Waals surface area (Å²) in [4.78, 5) is 16.8. The molecule has 0 radical (unpaired) electrons. The van der Waals surface area contributed by atoms with E-state index in [2.05, 4.69) is 13.8 Å². The first kappa shape index (κ1) is 18.5. The maximum absolute atomic E-state index is 13.5. The average Bonchev–Trinajstić information content (AvgIpc) is 2.85. The van der Waals surface area contributed by atoms with E-state index in [0.29, 0.717) is 6.54 Å². The second kappa shape index (κ2) is 7.83. The molecule has 130 valence electrons. The van der Waals surface area contributed by atoms with Crippen LogP contribution in [0.25, 0.3) is 0 Å². The van der Waals surface area contributed by atoms with Crippen LogP contribution in [0.5, 0.6) is 0 Å². The van der Waals surface area contributed by atoms with Crippen LogP contribution in [-0.2, 0) is 16.1 Å². The van der Waals surface area contributed by atoms with Gasteiger partial charge in [0.1, 0.15) is 10.8 Å². The Morgan fingerprint density at radius 3 is 2.62 bits per heavy atom. The van der Waals surface area contributed by atoms with E-state index in [-0.39, 0.29) is 17.7 Å². The Labute approximate surface area is 146 Å². The zero-order valence-electron chi connectivity index (χ0n) is 14.7. The molecular weight excluding hydrogens is 327 g/mol. The number of rotatable bonds is 6. The molecule has 1 atom stereocenters. The van der Waals surface area contributed by atoms with E-state index in [1.165, 1.54) is 30.8 Å². The molecule has 1 aromatic carbocycles. The third kappa shape index (κ3) is 4.17. The molecule has 1 unspecified atom stereocenters. The number of hydrogen-bond donors (Lipinski definition) is 0. The largest absolute Gasteiger partial charge is 0.455 e. The van der Waals surface area contributed by atoms with Gasteiger partial charge >= 0.3 is 5.97 Å².